The molecule has 0 amide bonds. The van der Waals surface area contributed by atoms with Crippen LogP contribution in [-0.2, 0) is 6.54 Å². The van der Waals surface area contributed by atoms with E-state index in [0.717, 1.165) is 29.3 Å². The molecular formula is C21H31N3O3. The highest BCUT2D eigenvalue weighted by Gasteiger charge is 2.22. The molecule has 27 heavy (non-hydrogen) atoms. The molecule has 1 heterocycles. The average Bonchev–Trinajstić information content (AvgIpc) is 3.21. The van der Waals surface area contributed by atoms with Gasteiger partial charge in [0.25, 0.3) is 0 Å². The number of nitrogens with zero attached hydrogens (tertiary/aromatic N) is 2. The molecule has 0 radical (unpaired) electrons. The SMILES string of the molecule is CCCOc1ccc(CNC(C)c2nc(C3CCCCC3)no2)cc1OC. The van der Waals surface area contributed by atoms with Gasteiger partial charge >= 0.3 is 0 Å². The summed E-state index contributed by atoms with van der Waals surface area (Å²) in [5.41, 5.74) is 1.12. The molecule has 1 unspecified atom stereocenters. The van der Waals surface area contributed by atoms with E-state index in [4.69, 9.17) is 14.0 Å². The summed E-state index contributed by atoms with van der Waals surface area (Å²) in [5.74, 6) is 3.53. The molecule has 6 heteroatoms. The second-order valence-electron chi connectivity index (χ2n) is 7.26. The third-order valence-electron chi connectivity index (χ3n) is 5.10. The predicted molar refractivity (Wildman–Crippen MR) is 104 cm³/mol. The van der Waals surface area contributed by atoms with Gasteiger partial charge in [-0.1, -0.05) is 37.4 Å². The molecule has 148 valence electrons. The molecule has 0 aliphatic heterocycles. The van der Waals surface area contributed by atoms with E-state index in [0.29, 0.717) is 25.0 Å². The first-order valence-electron chi connectivity index (χ1n) is 10.1. The fourth-order valence-corrected chi connectivity index (χ4v) is 3.46. The Morgan fingerprint density at radius 3 is 2.78 bits per heavy atom. The number of nitrogens with one attached hydrogen (secondary N) is 1. The summed E-state index contributed by atoms with van der Waals surface area (Å²) < 4.78 is 16.7. The van der Waals surface area contributed by atoms with E-state index in [2.05, 4.69) is 28.4 Å². The lowest BCUT2D eigenvalue weighted by Crippen LogP contribution is -2.18. The highest BCUT2D eigenvalue weighted by molar-refractivity contribution is 5.43. The van der Waals surface area contributed by atoms with Crippen molar-refractivity contribution in [2.45, 2.75) is 70.9 Å². The topological polar surface area (TPSA) is 69.4 Å². The molecule has 6 nitrogen and oxygen atoms in total. The van der Waals surface area contributed by atoms with E-state index in [1.807, 2.05) is 19.1 Å². The maximum atomic E-state index is 5.71. The Bertz CT molecular complexity index is 710. The molecule has 1 aliphatic carbocycles. The van der Waals surface area contributed by atoms with Crippen molar-refractivity contribution < 1.29 is 14.0 Å². The van der Waals surface area contributed by atoms with Crippen LogP contribution in [0.15, 0.2) is 22.7 Å². The number of hydrogen-bond donors (Lipinski definition) is 1. The van der Waals surface area contributed by atoms with Crippen LogP contribution in [0.3, 0.4) is 0 Å². The molecule has 2 aromatic rings. The van der Waals surface area contributed by atoms with Gasteiger partial charge in [-0.05, 0) is 43.9 Å². The Labute approximate surface area is 161 Å². The van der Waals surface area contributed by atoms with Crippen molar-refractivity contribution in [2.75, 3.05) is 13.7 Å². The number of aromatic nitrogens is 2. The summed E-state index contributed by atoms with van der Waals surface area (Å²) in [5, 5.41) is 7.67. The largest absolute Gasteiger partial charge is 0.493 e. The first-order valence-corrected chi connectivity index (χ1v) is 10.1. The van der Waals surface area contributed by atoms with E-state index in [-0.39, 0.29) is 6.04 Å². The number of rotatable bonds is 9. The smallest absolute Gasteiger partial charge is 0.243 e. The minimum Gasteiger partial charge on any atom is -0.493 e. The van der Waals surface area contributed by atoms with Crippen molar-refractivity contribution >= 4 is 0 Å². The molecule has 0 saturated heterocycles. The minimum atomic E-state index is -0.00291. The van der Waals surface area contributed by atoms with Crippen molar-refractivity contribution in [3.8, 4) is 11.5 Å². The zero-order valence-electron chi connectivity index (χ0n) is 16.7. The molecule has 0 bridgehead atoms. The third-order valence-corrected chi connectivity index (χ3v) is 5.10. The van der Waals surface area contributed by atoms with Gasteiger partial charge in [-0.2, -0.15) is 4.98 Å². The summed E-state index contributed by atoms with van der Waals surface area (Å²) in [6.45, 7) is 5.51. The zero-order chi connectivity index (χ0) is 19.1. The second kappa shape index (κ2) is 9.74. The minimum absolute atomic E-state index is 0.00291. The van der Waals surface area contributed by atoms with Crippen molar-refractivity contribution in [1.29, 1.82) is 0 Å². The highest BCUT2D eigenvalue weighted by atomic mass is 16.5. The molecule has 1 fully saturated rings. The van der Waals surface area contributed by atoms with Gasteiger partial charge in [-0.25, -0.2) is 0 Å². The zero-order valence-corrected chi connectivity index (χ0v) is 16.7. The lowest BCUT2D eigenvalue weighted by Gasteiger charge is -2.17. The number of benzene rings is 1. The molecule has 1 aromatic carbocycles. The van der Waals surface area contributed by atoms with Gasteiger partial charge in [0.15, 0.2) is 17.3 Å². The first-order chi connectivity index (χ1) is 13.2. The lowest BCUT2D eigenvalue weighted by atomic mass is 9.89. The summed E-state index contributed by atoms with van der Waals surface area (Å²) in [7, 11) is 1.67. The van der Waals surface area contributed by atoms with Gasteiger partial charge < -0.3 is 19.3 Å². The Morgan fingerprint density at radius 2 is 2.04 bits per heavy atom. The Balaban J connectivity index is 1.57. The standard InChI is InChI=1S/C21H31N3O3/c1-4-12-26-18-11-10-16(13-19(18)25-3)14-22-15(2)21-23-20(24-27-21)17-8-6-5-7-9-17/h10-11,13,15,17,22H,4-9,12,14H2,1-3H3. The summed E-state index contributed by atoms with van der Waals surface area (Å²) in [4.78, 5) is 4.64. The molecular weight excluding hydrogens is 342 g/mol. The molecule has 1 aromatic heterocycles. The normalized spacial score (nSPS) is 16.3. The fraction of sp³-hybridized carbons (Fsp3) is 0.619. The highest BCUT2D eigenvalue weighted by Crippen LogP contribution is 2.31. The summed E-state index contributed by atoms with van der Waals surface area (Å²) in [6, 6.07) is 6.02. The lowest BCUT2D eigenvalue weighted by molar-refractivity contribution is 0.294. The van der Waals surface area contributed by atoms with Crippen LogP contribution in [0.25, 0.3) is 0 Å². The van der Waals surface area contributed by atoms with E-state index < -0.39 is 0 Å². The average molecular weight is 373 g/mol. The summed E-state index contributed by atoms with van der Waals surface area (Å²) >= 11 is 0. The monoisotopic (exact) mass is 373 g/mol. The van der Waals surface area contributed by atoms with Gasteiger partial charge in [-0.15, -0.1) is 0 Å². The van der Waals surface area contributed by atoms with Crippen LogP contribution >= 0.6 is 0 Å². The quantitative estimate of drug-likeness (QED) is 0.683. The van der Waals surface area contributed by atoms with Crippen LogP contribution < -0.4 is 14.8 Å². The Hall–Kier alpha value is -2.08. The van der Waals surface area contributed by atoms with E-state index in [1.165, 1.54) is 32.1 Å². The van der Waals surface area contributed by atoms with Crippen molar-refractivity contribution in [3.63, 3.8) is 0 Å². The van der Waals surface area contributed by atoms with Crippen LogP contribution in [0.1, 0.15) is 81.6 Å². The Kier molecular flexibility index (Phi) is 7.10. The first kappa shape index (κ1) is 19.7. The van der Waals surface area contributed by atoms with Gasteiger partial charge in [0, 0.05) is 12.5 Å². The molecule has 1 N–H and O–H groups in total. The van der Waals surface area contributed by atoms with E-state index >= 15 is 0 Å². The molecule has 3 rings (SSSR count). The number of hydrogen-bond acceptors (Lipinski definition) is 6. The van der Waals surface area contributed by atoms with Crippen LogP contribution in [0.2, 0.25) is 0 Å². The number of methoxy groups -OCH3 is 1. The van der Waals surface area contributed by atoms with Crippen molar-refractivity contribution in [2.24, 2.45) is 0 Å². The molecule has 0 spiro atoms. The maximum absolute atomic E-state index is 5.71. The van der Waals surface area contributed by atoms with Gasteiger partial charge in [0.05, 0.1) is 19.8 Å². The Morgan fingerprint density at radius 1 is 1.22 bits per heavy atom. The van der Waals surface area contributed by atoms with Crippen molar-refractivity contribution in [3.05, 3.63) is 35.5 Å². The number of ether oxygens (including phenoxy) is 2. The van der Waals surface area contributed by atoms with Gasteiger partial charge in [0.2, 0.25) is 5.89 Å². The van der Waals surface area contributed by atoms with Crippen molar-refractivity contribution in [1.82, 2.24) is 15.5 Å². The van der Waals surface area contributed by atoms with Gasteiger partial charge in [0.1, 0.15) is 0 Å². The van der Waals surface area contributed by atoms with E-state index in [9.17, 15) is 0 Å². The predicted octanol–water partition coefficient (Wildman–Crippen LogP) is 4.77. The van der Waals surface area contributed by atoms with Crippen LogP contribution in [0, 0.1) is 0 Å². The van der Waals surface area contributed by atoms with Crippen LogP contribution in [-0.4, -0.2) is 23.9 Å². The third kappa shape index (κ3) is 5.22. The summed E-state index contributed by atoms with van der Waals surface area (Å²) in [6.07, 6.45) is 7.17. The van der Waals surface area contributed by atoms with Crippen LogP contribution in [0.5, 0.6) is 11.5 Å². The van der Waals surface area contributed by atoms with Crippen LogP contribution in [0.4, 0.5) is 0 Å². The van der Waals surface area contributed by atoms with Gasteiger partial charge in [-0.3, -0.25) is 0 Å². The van der Waals surface area contributed by atoms with E-state index in [1.54, 1.807) is 7.11 Å². The second-order valence-corrected chi connectivity index (χ2v) is 7.26. The molecule has 1 aliphatic rings. The fourth-order valence-electron chi connectivity index (χ4n) is 3.46. The maximum Gasteiger partial charge on any atom is 0.243 e. The molecule has 1 atom stereocenters. The molecule has 1 saturated carbocycles.